The van der Waals surface area contributed by atoms with Crippen LogP contribution in [0.3, 0.4) is 0 Å². The topological polar surface area (TPSA) is 67.3 Å². The van der Waals surface area contributed by atoms with E-state index in [0.29, 0.717) is 31.7 Å². The summed E-state index contributed by atoms with van der Waals surface area (Å²) in [5, 5.41) is 2.39. The Hall–Kier alpha value is -2.84. The highest BCUT2D eigenvalue weighted by Gasteiger charge is 2.27. The monoisotopic (exact) mass is 422 g/mol. The predicted molar refractivity (Wildman–Crippen MR) is 108 cm³/mol. The first-order chi connectivity index (χ1) is 14.3. The van der Waals surface area contributed by atoms with Gasteiger partial charge in [-0.15, -0.1) is 0 Å². The first-order valence-corrected chi connectivity index (χ1v) is 9.87. The number of nitrogens with one attached hydrogen (secondary N) is 1. The van der Waals surface area contributed by atoms with Gasteiger partial charge in [0, 0.05) is 19.4 Å². The van der Waals surface area contributed by atoms with Gasteiger partial charge in [0.05, 0.1) is 19.3 Å². The molecule has 2 heterocycles. The average Bonchev–Trinajstić information content (AvgIpc) is 3.15. The molecule has 0 saturated carbocycles. The van der Waals surface area contributed by atoms with Crippen LogP contribution in [0, 0.1) is 5.82 Å². The van der Waals surface area contributed by atoms with Crippen LogP contribution in [0.2, 0.25) is 0 Å². The minimum Gasteiger partial charge on any atom is -0.489 e. The summed E-state index contributed by atoms with van der Waals surface area (Å²) in [6.45, 7) is 3.94. The molecule has 0 bridgehead atoms. The molecule has 1 aliphatic rings. The van der Waals surface area contributed by atoms with Gasteiger partial charge < -0.3 is 19.7 Å². The zero-order chi connectivity index (χ0) is 21.7. The van der Waals surface area contributed by atoms with Crippen molar-refractivity contribution in [2.75, 3.05) is 29.9 Å². The number of hydrogen-bond donors (Lipinski definition) is 1. The number of alkyl halides is 2. The zero-order valence-electron chi connectivity index (χ0n) is 16.9. The van der Waals surface area contributed by atoms with Crippen LogP contribution in [0.25, 0.3) is 0 Å². The first-order valence-electron chi connectivity index (χ1n) is 9.87. The number of nitrogens with zero attached hydrogens (tertiary/aromatic N) is 3. The number of carbonyl (C=O) groups excluding carboxylic acids is 1. The van der Waals surface area contributed by atoms with Gasteiger partial charge in [0.1, 0.15) is 17.6 Å². The van der Waals surface area contributed by atoms with Gasteiger partial charge in [-0.25, -0.2) is 18.2 Å². The number of aromatic nitrogens is 2. The van der Waals surface area contributed by atoms with Crippen LogP contribution in [-0.2, 0) is 4.79 Å². The summed E-state index contributed by atoms with van der Waals surface area (Å²) in [5.74, 6) is 0.420. The van der Waals surface area contributed by atoms with Crippen molar-refractivity contribution in [3.63, 3.8) is 0 Å². The summed E-state index contributed by atoms with van der Waals surface area (Å²) in [6, 6.07) is 7.62. The Morgan fingerprint density at radius 3 is 2.73 bits per heavy atom. The van der Waals surface area contributed by atoms with E-state index in [0.717, 1.165) is 11.8 Å². The Morgan fingerprint density at radius 1 is 1.33 bits per heavy atom. The Bertz CT molecular complexity index is 864. The number of anilines is 2. The molecule has 0 aliphatic carbocycles. The van der Waals surface area contributed by atoms with E-state index in [4.69, 9.17) is 4.74 Å². The van der Waals surface area contributed by atoms with Gasteiger partial charge in [-0.2, -0.15) is 4.98 Å². The Morgan fingerprint density at radius 2 is 2.07 bits per heavy atom. The third kappa shape index (κ3) is 5.84. The maximum atomic E-state index is 14.2. The molecule has 0 amide bonds. The molecule has 1 aliphatic heterocycles. The van der Waals surface area contributed by atoms with E-state index in [1.54, 1.807) is 11.8 Å². The molecule has 162 valence electrons. The van der Waals surface area contributed by atoms with Crippen LogP contribution in [0.15, 0.2) is 30.5 Å². The molecule has 30 heavy (non-hydrogen) atoms. The number of carbonyl (C=O) groups is 1. The highest BCUT2D eigenvalue weighted by molar-refractivity contribution is 5.76. The van der Waals surface area contributed by atoms with Crippen LogP contribution >= 0.6 is 0 Å². The van der Waals surface area contributed by atoms with Crippen molar-refractivity contribution in [3.05, 3.63) is 41.8 Å². The lowest BCUT2D eigenvalue weighted by atomic mass is 9.96. The standard InChI is InChI=1S/C21H25F3N4O2/c1-13(9-14(2)29)15-3-5-16(6-4-15)30-17-7-8-28(12-17)20-18(22)10-25-21(27-20)26-11-19(23)24/h3-6,10,13,17,19H,7-9,11-12H2,1-2H3,(H,25,26,27)/t13-,17-/m1/s1. The molecule has 2 aromatic rings. The predicted octanol–water partition coefficient (Wildman–Crippen LogP) is 4.03. The van der Waals surface area contributed by atoms with Gasteiger partial charge >= 0.3 is 0 Å². The number of benzene rings is 1. The number of rotatable bonds is 9. The maximum absolute atomic E-state index is 14.2. The lowest BCUT2D eigenvalue weighted by Crippen LogP contribution is -2.26. The second-order valence-electron chi connectivity index (χ2n) is 7.49. The van der Waals surface area contributed by atoms with E-state index < -0.39 is 18.8 Å². The van der Waals surface area contributed by atoms with Crippen molar-refractivity contribution in [2.24, 2.45) is 0 Å². The second kappa shape index (κ2) is 9.77. The fraction of sp³-hybridized carbons (Fsp3) is 0.476. The summed E-state index contributed by atoms with van der Waals surface area (Å²) in [7, 11) is 0. The van der Waals surface area contributed by atoms with Crippen LogP contribution in [-0.4, -0.2) is 47.9 Å². The lowest BCUT2D eigenvalue weighted by Gasteiger charge is -2.19. The van der Waals surface area contributed by atoms with Gasteiger partial charge in [0.2, 0.25) is 5.95 Å². The van der Waals surface area contributed by atoms with E-state index in [2.05, 4.69) is 15.3 Å². The first kappa shape index (κ1) is 21.9. The van der Waals surface area contributed by atoms with E-state index in [1.165, 1.54) is 0 Å². The maximum Gasteiger partial charge on any atom is 0.255 e. The molecular weight excluding hydrogens is 397 g/mol. The quantitative estimate of drug-likeness (QED) is 0.658. The van der Waals surface area contributed by atoms with Crippen LogP contribution in [0.1, 0.15) is 38.2 Å². The number of halogens is 3. The van der Waals surface area contributed by atoms with Crippen molar-refractivity contribution >= 4 is 17.5 Å². The number of ether oxygens (including phenoxy) is 1. The summed E-state index contributed by atoms with van der Waals surface area (Å²) >= 11 is 0. The van der Waals surface area contributed by atoms with Gasteiger partial charge in [-0.05, 0) is 30.5 Å². The number of Topliss-reactive ketones (excluding diaryl/α,β-unsaturated/α-hetero) is 1. The van der Waals surface area contributed by atoms with Gasteiger partial charge in [-0.3, -0.25) is 0 Å². The van der Waals surface area contributed by atoms with Crippen molar-refractivity contribution in [1.29, 1.82) is 0 Å². The third-order valence-corrected chi connectivity index (χ3v) is 4.93. The SMILES string of the molecule is CC(=O)C[C@@H](C)c1ccc(O[C@@H]2CCN(c3nc(NCC(F)F)ncc3F)C2)cc1. The molecule has 0 radical (unpaired) electrons. The number of ketones is 1. The Balaban J connectivity index is 1.59. The average molecular weight is 422 g/mol. The number of hydrogen-bond acceptors (Lipinski definition) is 6. The van der Waals surface area contributed by atoms with Crippen molar-refractivity contribution in [1.82, 2.24) is 9.97 Å². The fourth-order valence-electron chi connectivity index (χ4n) is 3.47. The summed E-state index contributed by atoms with van der Waals surface area (Å²) in [5.41, 5.74) is 1.07. The van der Waals surface area contributed by atoms with Crippen molar-refractivity contribution in [3.8, 4) is 5.75 Å². The molecule has 2 atom stereocenters. The van der Waals surface area contributed by atoms with Crippen molar-refractivity contribution < 1.29 is 22.7 Å². The highest BCUT2D eigenvalue weighted by atomic mass is 19.3. The molecule has 1 aromatic heterocycles. The second-order valence-corrected chi connectivity index (χ2v) is 7.49. The zero-order valence-corrected chi connectivity index (χ0v) is 16.9. The van der Waals surface area contributed by atoms with Gasteiger partial charge in [0.15, 0.2) is 11.6 Å². The molecule has 1 fully saturated rings. The molecule has 3 rings (SSSR count). The summed E-state index contributed by atoms with van der Waals surface area (Å²) in [4.78, 5) is 20.7. The normalized spacial score (nSPS) is 17.3. The van der Waals surface area contributed by atoms with Crippen LogP contribution in [0.5, 0.6) is 5.75 Å². The van der Waals surface area contributed by atoms with E-state index in [1.807, 2.05) is 31.2 Å². The molecule has 0 unspecified atom stereocenters. The lowest BCUT2D eigenvalue weighted by molar-refractivity contribution is -0.117. The van der Waals surface area contributed by atoms with E-state index >= 15 is 0 Å². The minimum atomic E-state index is -2.55. The molecule has 1 aromatic carbocycles. The minimum absolute atomic E-state index is 0.0358. The molecule has 1 saturated heterocycles. The van der Waals surface area contributed by atoms with Gasteiger partial charge in [0.25, 0.3) is 6.43 Å². The third-order valence-electron chi connectivity index (χ3n) is 4.93. The largest absolute Gasteiger partial charge is 0.489 e. The van der Waals surface area contributed by atoms with Crippen molar-refractivity contribution in [2.45, 2.75) is 45.1 Å². The Kier molecular flexibility index (Phi) is 7.12. The molecular formula is C21H25F3N4O2. The Labute approximate surface area is 173 Å². The molecule has 9 heteroatoms. The molecule has 6 nitrogen and oxygen atoms in total. The summed E-state index contributed by atoms with van der Waals surface area (Å²) in [6.07, 6.45) is -0.561. The molecule has 0 spiro atoms. The van der Waals surface area contributed by atoms with Crippen LogP contribution < -0.4 is 15.0 Å². The fourth-order valence-corrected chi connectivity index (χ4v) is 3.47. The molecule has 1 N–H and O–H groups in total. The van der Waals surface area contributed by atoms with E-state index in [9.17, 15) is 18.0 Å². The smallest absolute Gasteiger partial charge is 0.255 e. The van der Waals surface area contributed by atoms with E-state index in [-0.39, 0.29) is 29.6 Å². The highest BCUT2D eigenvalue weighted by Crippen LogP contribution is 2.27. The van der Waals surface area contributed by atoms with Crippen LogP contribution in [0.4, 0.5) is 24.9 Å². The van der Waals surface area contributed by atoms with Gasteiger partial charge in [-0.1, -0.05) is 19.1 Å². The summed E-state index contributed by atoms with van der Waals surface area (Å²) < 4.78 is 44.9.